The molecule has 3 heterocycles. The first-order valence-electron chi connectivity index (χ1n) is 10.2. The highest BCUT2D eigenvalue weighted by Gasteiger charge is 2.11. The van der Waals surface area contributed by atoms with Crippen LogP contribution >= 0.6 is 35.3 Å². The first kappa shape index (κ1) is 23.9. The summed E-state index contributed by atoms with van der Waals surface area (Å²) in [6, 6.07) is 4.31. The van der Waals surface area contributed by atoms with Gasteiger partial charge in [-0.15, -0.1) is 35.3 Å². The van der Waals surface area contributed by atoms with Gasteiger partial charge < -0.3 is 15.5 Å². The summed E-state index contributed by atoms with van der Waals surface area (Å²) in [5.41, 5.74) is 2.30. The number of halogens is 1. The van der Waals surface area contributed by atoms with E-state index in [1.807, 2.05) is 6.20 Å². The molecule has 2 aromatic heterocycles. The molecule has 0 radical (unpaired) electrons. The number of aromatic nitrogens is 2. The number of pyridine rings is 1. The summed E-state index contributed by atoms with van der Waals surface area (Å²) < 4.78 is 0. The van der Waals surface area contributed by atoms with Gasteiger partial charge in [-0.25, -0.2) is 9.97 Å². The highest BCUT2D eigenvalue weighted by atomic mass is 127. The number of rotatable bonds is 6. The van der Waals surface area contributed by atoms with Gasteiger partial charge in [0.15, 0.2) is 5.96 Å². The summed E-state index contributed by atoms with van der Waals surface area (Å²) in [5, 5.41) is 7.90. The molecule has 0 spiro atoms. The molecule has 3 rings (SSSR count). The van der Waals surface area contributed by atoms with Gasteiger partial charge in [-0.3, -0.25) is 4.99 Å². The van der Waals surface area contributed by atoms with Crippen LogP contribution in [0.25, 0.3) is 0 Å². The van der Waals surface area contributed by atoms with Crippen molar-refractivity contribution in [3.8, 4) is 0 Å². The Morgan fingerprint density at radius 1 is 1.14 bits per heavy atom. The van der Waals surface area contributed by atoms with Gasteiger partial charge in [0, 0.05) is 50.7 Å². The lowest BCUT2D eigenvalue weighted by Crippen LogP contribution is -2.37. The number of nitrogens with one attached hydrogen (secondary N) is 2. The van der Waals surface area contributed by atoms with E-state index in [0.717, 1.165) is 49.1 Å². The Bertz CT molecular complexity index is 746. The molecule has 160 valence electrons. The summed E-state index contributed by atoms with van der Waals surface area (Å²) in [4.78, 5) is 17.3. The normalized spacial score (nSPS) is 14.9. The quantitative estimate of drug-likeness (QED) is 0.337. The Balaban J connectivity index is 0.00000300. The van der Waals surface area contributed by atoms with E-state index >= 15 is 0 Å². The van der Waals surface area contributed by atoms with E-state index in [1.54, 1.807) is 18.4 Å². The molecule has 0 amide bonds. The summed E-state index contributed by atoms with van der Waals surface area (Å²) in [7, 11) is 1.80. The third kappa shape index (κ3) is 7.40. The summed E-state index contributed by atoms with van der Waals surface area (Å²) in [6.45, 7) is 7.96. The molecule has 0 atom stereocenters. The van der Waals surface area contributed by atoms with E-state index in [-0.39, 0.29) is 24.0 Å². The van der Waals surface area contributed by atoms with E-state index in [2.05, 4.69) is 56.5 Å². The molecule has 0 bridgehead atoms. The minimum Gasteiger partial charge on any atom is -0.357 e. The number of aryl methyl sites for hydroxylation is 2. The molecule has 1 saturated heterocycles. The SMILES string of the molecule is CN=C(NCCc1nc(C)c(C)s1)NCc1ccc(N2CCCCCC2)nc1.I. The number of anilines is 1. The van der Waals surface area contributed by atoms with Crippen LogP contribution in [0.2, 0.25) is 0 Å². The lowest BCUT2D eigenvalue weighted by Gasteiger charge is -2.21. The zero-order valence-electron chi connectivity index (χ0n) is 17.7. The van der Waals surface area contributed by atoms with Gasteiger partial charge >= 0.3 is 0 Å². The molecule has 0 saturated carbocycles. The molecule has 6 nitrogen and oxygen atoms in total. The van der Waals surface area contributed by atoms with Gasteiger partial charge in [0.1, 0.15) is 5.82 Å². The highest BCUT2D eigenvalue weighted by Crippen LogP contribution is 2.18. The van der Waals surface area contributed by atoms with E-state index in [1.165, 1.54) is 35.6 Å². The topological polar surface area (TPSA) is 65.4 Å². The third-order valence-electron chi connectivity index (χ3n) is 5.13. The molecule has 1 aliphatic heterocycles. The number of aliphatic imine (C=N–C) groups is 1. The van der Waals surface area contributed by atoms with Crippen molar-refractivity contribution in [3.05, 3.63) is 39.5 Å². The van der Waals surface area contributed by atoms with Crippen molar-refractivity contribution in [1.29, 1.82) is 0 Å². The Hall–Kier alpha value is -1.42. The van der Waals surface area contributed by atoms with Gasteiger partial charge in [-0.1, -0.05) is 18.9 Å². The van der Waals surface area contributed by atoms with E-state index in [0.29, 0.717) is 6.54 Å². The van der Waals surface area contributed by atoms with Crippen LogP contribution in [0.5, 0.6) is 0 Å². The predicted molar refractivity (Wildman–Crippen MR) is 134 cm³/mol. The average molecular weight is 529 g/mol. The van der Waals surface area contributed by atoms with Gasteiger partial charge in [0.05, 0.1) is 10.7 Å². The van der Waals surface area contributed by atoms with Crippen LogP contribution in [0.15, 0.2) is 23.3 Å². The fraction of sp³-hybridized carbons (Fsp3) is 0.571. The second-order valence-electron chi connectivity index (χ2n) is 7.28. The van der Waals surface area contributed by atoms with Gasteiger partial charge in [-0.2, -0.15) is 0 Å². The molecule has 0 aliphatic carbocycles. The monoisotopic (exact) mass is 528 g/mol. The lowest BCUT2D eigenvalue weighted by molar-refractivity contribution is 0.726. The average Bonchev–Trinajstić information content (AvgIpc) is 2.91. The summed E-state index contributed by atoms with van der Waals surface area (Å²) in [6.07, 6.45) is 8.10. The van der Waals surface area contributed by atoms with Crippen molar-refractivity contribution in [2.24, 2.45) is 4.99 Å². The van der Waals surface area contributed by atoms with Crippen molar-refractivity contribution >= 4 is 47.1 Å². The van der Waals surface area contributed by atoms with Crippen LogP contribution in [0.3, 0.4) is 0 Å². The predicted octanol–water partition coefficient (Wildman–Crippen LogP) is 4.06. The van der Waals surface area contributed by atoms with Crippen molar-refractivity contribution in [2.45, 2.75) is 52.5 Å². The van der Waals surface area contributed by atoms with Gasteiger partial charge in [0.2, 0.25) is 0 Å². The third-order valence-corrected chi connectivity index (χ3v) is 6.26. The van der Waals surface area contributed by atoms with E-state index in [9.17, 15) is 0 Å². The number of thiazole rings is 1. The van der Waals surface area contributed by atoms with Crippen LogP contribution in [0.1, 0.15) is 46.8 Å². The van der Waals surface area contributed by atoms with Crippen LogP contribution in [-0.2, 0) is 13.0 Å². The minimum atomic E-state index is 0. The number of hydrogen-bond acceptors (Lipinski definition) is 5. The second kappa shape index (κ2) is 12.3. The van der Waals surface area contributed by atoms with Crippen LogP contribution in [-0.4, -0.2) is 42.6 Å². The molecule has 2 aromatic rings. The lowest BCUT2D eigenvalue weighted by atomic mass is 10.2. The maximum atomic E-state index is 4.68. The molecular formula is C21H33IN6S. The van der Waals surface area contributed by atoms with Crippen molar-refractivity contribution < 1.29 is 0 Å². The molecule has 8 heteroatoms. The second-order valence-corrected chi connectivity index (χ2v) is 8.57. The van der Waals surface area contributed by atoms with Crippen LogP contribution in [0.4, 0.5) is 5.82 Å². The zero-order valence-corrected chi connectivity index (χ0v) is 20.8. The van der Waals surface area contributed by atoms with Gasteiger partial charge in [-0.05, 0) is 38.3 Å². The van der Waals surface area contributed by atoms with E-state index in [4.69, 9.17) is 0 Å². The van der Waals surface area contributed by atoms with Crippen molar-refractivity contribution in [2.75, 3.05) is 31.6 Å². The number of guanidine groups is 1. The largest absolute Gasteiger partial charge is 0.357 e. The fourth-order valence-corrected chi connectivity index (χ4v) is 4.28. The maximum absolute atomic E-state index is 4.68. The fourth-order valence-electron chi connectivity index (χ4n) is 3.35. The Morgan fingerprint density at radius 2 is 1.90 bits per heavy atom. The first-order valence-corrected chi connectivity index (χ1v) is 11.0. The van der Waals surface area contributed by atoms with Gasteiger partial charge in [0.25, 0.3) is 0 Å². The first-order chi connectivity index (χ1) is 13.7. The highest BCUT2D eigenvalue weighted by molar-refractivity contribution is 14.0. The molecule has 1 fully saturated rings. The Morgan fingerprint density at radius 3 is 2.48 bits per heavy atom. The zero-order chi connectivity index (χ0) is 19.8. The van der Waals surface area contributed by atoms with Crippen LogP contribution < -0.4 is 15.5 Å². The molecule has 29 heavy (non-hydrogen) atoms. The molecule has 1 aliphatic rings. The smallest absolute Gasteiger partial charge is 0.191 e. The minimum absolute atomic E-state index is 0. The number of nitrogens with zero attached hydrogens (tertiary/aromatic N) is 4. The molecule has 0 aromatic carbocycles. The Kier molecular flexibility index (Phi) is 10.1. The molecule has 0 unspecified atom stereocenters. The Labute approximate surface area is 195 Å². The van der Waals surface area contributed by atoms with Crippen molar-refractivity contribution in [3.63, 3.8) is 0 Å². The molecule has 2 N–H and O–H groups in total. The van der Waals surface area contributed by atoms with Crippen molar-refractivity contribution in [1.82, 2.24) is 20.6 Å². The standard InChI is InChI=1S/C21H32N6S.HI/c1-16-17(2)28-20(26-16)10-11-23-21(22-3)25-15-18-8-9-19(24-14-18)27-12-6-4-5-7-13-27;/h8-9,14H,4-7,10-13,15H2,1-3H3,(H2,22,23,25);1H. The summed E-state index contributed by atoms with van der Waals surface area (Å²) >= 11 is 1.77. The maximum Gasteiger partial charge on any atom is 0.191 e. The van der Waals surface area contributed by atoms with Crippen LogP contribution in [0, 0.1) is 13.8 Å². The summed E-state index contributed by atoms with van der Waals surface area (Å²) in [5.74, 6) is 1.91. The molecular weight excluding hydrogens is 495 g/mol. The number of hydrogen-bond donors (Lipinski definition) is 2. The van der Waals surface area contributed by atoms with E-state index < -0.39 is 0 Å².